The van der Waals surface area contributed by atoms with E-state index in [2.05, 4.69) is 237 Å². The first-order valence-electron chi connectivity index (χ1n) is 23.3. The minimum Gasteiger partial charge on any atom is -0.228 e. The number of fused-ring (bicyclic) bond motifs is 6. The molecule has 0 atom stereocenters. The van der Waals surface area contributed by atoms with Crippen molar-refractivity contribution in [3.63, 3.8) is 0 Å². The fraction of sp³-hybridized carbons (Fsp3) is 0. The summed E-state index contributed by atoms with van der Waals surface area (Å²) in [6.45, 7) is 0. The maximum atomic E-state index is 5.14. The summed E-state index contributed by atoms with van der Waals surface area (Å²) in [5, 5.41) is 12.6. The van der Waals surface area contributed by atoms with Crippen molar-refractivity contribution in [2.24, 2.45) is 0 Å². The monoisotopic (exact) mass is 862 g/mol. The van der Waals surface area contributed by atoms with E-state index in [0.717, 1.165) is 44.8 Å². The topological polar surface area (TPSA) is 25.8 Å². The van der Waals surface area contributed by atoms with Crippen LogP contribution in [0.1, 0.15) is 0 Å². The smallest absolute Gasteiger partial charge is 0.160 e. The van der Waals surface area contributed by atoms with E-state index in [9.17, 15) is 0 Å². The highest BCUT2D eigenvalue weighted by atomic mass is 14.9. The van der Waals surface area contributed by atoms with Crippen molar-refractivity contribution in [2.45, 2.75) is 0 Å². The molecule has 0 saturated heterocycles. The van der Waals surface area contributed by atoms with Crippen LogP contribution < -0.4 is 0 Å². The molecule has 0 aliphatic heterocycles. The fourth-order valence-electron chi connectivity index (χ4n) is 10.2. The highest BCUT2D eigenvalue weighted by Crippen LogP contribution is 2.44. The number of benzene rings is 12. The van der Waals surface area contributed by atoms with E-state index in [1.54, 1.807) is 0 Å². The lowest BCUT2D eigenvalue weighted by Crippen LogP contribution is -1.96. The molecule has 316 valence electrons. The average molecular weight is 863 g/mol. The van der Waals surface area contributed by atoms with E-state index in [1.165, 1.54) is 81.7 Å². The summed E-state index contributed by atoms with van der Waals surface area (Å²) in [6.07, 6.45) is 0. The highest BCUT2D eigenvalue weighted by Gasteiger charge is 2.17. The standard InChI is InChI=1S/C66H42N2/c1-2-15-49(16-3-1)66-67-63(42-64(68-66)54-20-12-19-51(40-54)52-34-29-43-13-4-5-17-50(43)39-52)48-32-27-45(28-33-48)44-25-30-47(31-26-44)56-37-38-60(59-24-11-10-23-58(56)59)65-57-22-9-7-18-53(57)41-62-55-21-8-6-14-46(55)35-36-61(62)65/h1-42H. The Bertz CT molecular complexity index is 4060. The third kappa shape index (κ3) is 6.99. The Labute approximate surface area is 395 Å². The van der Waals surface area contributed by atoms with Crippen molar-refractivity contribution in [3.05, 3.63) is 255 Å². The zero-order valence-corrected chi connectivity index (χ0v) is 37.1. The van der Waals surface area contributed by atoms with Crippen LogP contribution in [0, 0.1) is 0 Å². The van der Waals surface area contributed by atoms with E-state index < -0.39 is 0 Å². The minimum atomic E-state index is 0.702. The van der Waals surface area contributed by atoms with Crippen LogP contribution >= 0.6 is 0 Å². The highest BCUT2D eigenvalue weighted by molar-refractivity contribution is 6.23. The van der Waals surface area contributed by atoms with E-state index in [-0.39, 0.29) is 0 Å². The quantitative estimate of drug-likeness (QED) is 0.118. The van der Waals surface area contributed by atoms with Crippen molar-refractivity contribution in [1.82, 2.24) is 9.97 Å². The maximum absolute atomic E-state index is 5.14. The van der Waals surface area contributed by atoms with Gasteiger partial charge in [0.25, 0.3) is 0 Å². The first-order valence-corrected chi connectivity index (χ1v) is 23.3. The molecule has 0 radical (unpaired) electrons. The average Bonchev–Trinajstić information content (AvgIpc) is 3.42. The fourth-order valence-corrected chi connectivity index (χ4v) is 10.2. The van der Waals surface area contributed by atoms with Crippen molar-refractivity contribution in [2.75, 3.05) is 0 Å². The van der Waals surface area contributed by atoms with E-state index >= 15 is 0 Å². The molecule has 0 fully saturated rings. The molecule has 1 heterocycles. The number of hydrogen-bond donors (Lipinski definition) is 0. The first-order chi connectivity index (χ1) is 33.7. The van der Waals surface area contributed by atoms with Gasteiger partial charge in [-0.25, -0.2) is 9.97 Å². The van der Waals surface area contributed by atoms with Gasteiger partial charge in [-0.15, -0.1) is 0 Å². The second kappa shape index (κ2) is 16.5. The maximum Gasteiger partial charge on any atom is 0.160 e. The third-order valence-electron chi connectivity index (χ3n) is 13.7. The summed E-state index contributed by atoms with van der Waals surface area (Å²) in [5.74, 6) is 0.702. The molecule has 13 aromatic rings. The Morgan fingerprint density at radius 2 is 0.721 bits per heavy atom. The Balaban J connectivity index is 0.837. The Hall–Kier alpha value is -8.98. The molecule has 13 rings (SSSR count). The van der Waals surface area contributed by atoms with Crippen molar-refractivity contribution >= 4 is 53.9 Å². The lowest BCUT2D eigenvalue weighted by molar-refractivity contribution is 1.18. The molecule has 0 unspecified atom stereocenters. The number of aromatic nitrogens is 2. The van der Waals surface area contributed by atoms with Gasteiger partial charge in [-0.1, -0.05) is 231 Å². The van der Waals surface area contributed by atoms with Crippen LogP contribution in [-0.4, -0.2) is 9.97 Å². The number of nitrogens with zero attached hydrogens (tertiary/aromatic N) is 2. The number of hydrogen-bond acceptors (Lipinski definition) is 2. The van der Waals surface area contributed by atoms with Crippen molar-refractivity contribution in [1.29, 1.82) is 0 Å². The SMILES string of the molecule is c1ccc(-c2nc(-c3ccc(-c4ccc(-c5ccc(-c6c7ccccc7cc7c6ccc6ccccc67)c6ccccc56)cc4)cc3)cc(-c3cccc(-c4ccc5ccccc5c4)c3)n2)cc1. The number of rotatable bonds is 7. The van der Waals surface area contributed by atoms with Gasteiger partial charge < -0.3 is 0 Å². The van der Waals surface area contributed by atoms with Crippen LogP contribution in [0.3, 0.4) is 0 Å². The van der Waals surface area contributed by atoms with Gasteiger partial charge in [-0.05, 0) is 123 Å². The van der Waals surface area contributed by atoms with Crippen LogP contribution in [0.25, 0.3) is 132 Å². The summed E-state index contributed by atoms with van der Waals surface area (Å²) >= 11 is 0. The molecule has 12 aromatic carbocycles. The molecule has 68 heavy (non-hydrogen) atoms. The molecule has 0 amide bonds. The zero-order valence-electron chi connectivity index (χ0n) is 37.1. The zero-order chi connectivity index (χ0) is 45.0. The molecule has 1 aromatic heterocycles. The Morgan fingerprint density at radius 1 is 0.206 bits per heavy atom. The molecular weight excluding hydrogens is 821 g/mol. The molecule has 2 heteroatoms. The van der Waals surface area contributed by atoms with Gasteiger partial charge in [0.2, 0.25) is 0 Å². The first kappa shape index (κ1) is 39.4. The van der Waals surface area contributed by atoms with Gasteiger partial charge >= 0.3 is 0 Å². The molecule has 2 nitrogen and oxygen atoms in total. The predicted molar refractivity (Wildman–Crippen MR) is 288 cm³/mol. The normalized spacial score (nSPS) is 11.5. The minimum absolute atomic E-state index is 0.702. The summed E-state index contributed by atoms with van der Waals surface area (Å²) in [7, 11) is 0. The van der Waals surface area contributed by atoms with Gasteiger partial charge in [-0.2, -0.15) is 0 Å². The lowest BCUT2D eigenvalue weighted by Gasteiger charge is -2.17. The van der Waals surface area contributed by atoms with Gasteiger partial charge in [0.15, 0.2) is 5.82 Å². The summed E-state index contributed by atoms with van der Waals surface area (Å²) < 4.78 is 0. The Kier molecular flexibility index (Phi) is 9.54. The molecule has 0 saturated carbocycles. The second-order valence-electron chi connectivity index (χ2n) is 17.7. The van der Waals surface area contributed by atoms with E-state index in [1.807, 2.05) is 18.2 Å². The molecule has 0 aliphatic rings. The largest absolute Gasteiger partial charge is 0.228 e. The summed E-state index contributed by atoms with van der Waals surface area (Å²) in [5.41, 5.74) is 14.4. The molecule has 0 bridgehead atoms. The molecule has 0 aliphatic carbocycles. The van der Waals surface area contributed by atoms with E-state index in [0.29, 0.717) is 5.82 Å². The van der Waals surface area contributed by atoms with Crippen LogP contribution in [-0.2, 0) is 0 Å². The van der Waals surface area contributed by atoms with Crippen LogP contribution in [0.15, 0.2) is 255 Å². The third-order valence-corrected chi connectivity index (χ3v) is 13.7. The Morgan fingerprint density at radius 3 is 1.49 bits per heavy atom. The summed E-state index contributed by atoms with van der Waals surface area (Å²) in [4.78, 5) is 10.3. The second-order valence-corrected chi connectivity index (χ2v) is 17.7. The van der Waals surface area contributed by atoms with Crippen molar-refractivity contribution in [3.8, 4) is 78.4 Å². The van der Waals surface area contributed by atoms with Gasteiger partial charge in [0, 0.05) is 16.7 Å². The van der Waals surface area contributed by atoms with E-state index in [4.69, 9.17) is 9.97 Å². The predicted octanol–water partition coefficient (Wildman–Crippen LogP) is 17.9. The van der Waals surface area contributed by atoms with Crippen LogP contribution in [0.5, 0.6) is 0 Å². The van der Waals surface area contributed by atoms with Crippen LogP contribution in [0.4, 0.5) is 0 Å². The van der Waals surface area contributed by atoms with Gasteiger partial charge in [-0.3, -0.25) is 0 Å². The molecule has 0 spiro atoms. The molecular formula is C66H42N2. The molecule has 0 N–H and O–H groups in total. The van der Waals surface area contributed by atoms with Crippen molar-refractivity contribution < 1.29 is 0 Å². The lowest BCUT2D eigenvalue weighted by atomic mass is 9.86. The van der Waals surface area contributed by atoms with Gasteiger partial charge in [0.05, 0.1) is 11.4 Å². The van der Waals surface area contributed by atoms with Gasteiger partial charge in [0.1, 0.15) is 0 Å². The summed E-state index contributed by atoms with van der Waals surface area (Å²) in [6, 6.07) is 92.0. The van der Waals surface area contributed by atoms with Crippen LogP contribution in [0.2, 0.25) is 0 Å².